The smallest absolute Gasteiger partial charge is 0.357 e. The van der Waals surface area contributed by atoms with Gasteiger partial charge in [-0.15, -0.1) is 0 Å². The molecule has 1 aromatic heterocycles. The van der Waals surface area contributed by atoms with Gasteiger partial charge in [-0.05, 0) is 17.5 Å². The Kier molecular flexibility index (Phi) is 2.68. The highest BCUT2D eigenvalue weighted by Crippen LogP contribution is 2.26. The van der Waals surface area contributed by atoms with Crippen LogP contribution in [0.2, 0.25) is 0 Å². The summed E-state index contributed by atoms with van der Waals surface area (Å²) in [5.74, 6) is -0.424. The highest BCUT2D eigenvalue weighted by molar-refractivity contribution is 9.10. The van der Waals surface area contributed by atoms with Crippen molar-refractivity contribution in [3.05, 3.63) is 40.6 Å². The molecule has 0 spiro atoms. The average molecular weight is 266 g/mol. The molecule has 76 valence electrons. The first-order valence-corrected chi connectivity index (χ1v) is 5.15. The average Bonchev–Trinajstić information content (AvgIpc) is 2.28. The Balaban J connectivity index is 2.80. The van der Waals surface area contributed by atoms with Crippen molar-refractivity contribution in [2.24, 2.45) is 0 Å². The highest BCUT2D eigenvalue weighted by Gasteiger charge is 2.13. The van der Waals surface area contributed by atoms with Crippen LogP contribution in [0.15, 0.2) is 34.9 Å². The summed E-state index contributed by atoms with van der Waals surface area (Å²) in [4.78, 5) is 15.5. The van der Waals surface area contributed by atoms with E-state index in [2.05, 4.69) is 25.7 Å². The van der Waals surface area contributed by atoms with Gasteiger partial charge in [0.25, 0.3) is 0 Å². The van der Waals surface area contributed by atoms with E-state index in [1.165, 1.54) is 7.11 Å². The predicted molar refractivity (Wildman–Crippen MR) is 60.8 cm³/mol. The zero-order valence-corrected chi connectivity index (χ0v) is 9.61. The van der Waals surface area contributed by atoms with E-state index in [1.807, 2.05) is 24.3 Å². The number of ether oxygens (including phenoxy) is 1. The topological polar surface area (TPSA) is 39.2 Å². The molecule has 0 fully saturated rings. The molecular formula is C11H8BrNO2. The fraction of sp³-hybridized carbons (Fsp3) is 0.0909. The summed E-state index contributed by atoms with van der Waals surface area (Å²) < 4.78 is 5.52. The summed E-state index contributed by atoms with van der Waals surface area (Å²) in [6.07, 6.45) is 1.60. The minimum absolute atomic E-state index is 0.336. The lowest BCUT2D eigenvalue weighted by Gasteiger charge is -2.04. The van der Waals surface area contributed by atoms with Gasteiger partial charge >= 0.3 is 5.97 Å². The summed E-state index contributed by atoms with van der Waals surface area (Å²) in [6.45, 7) is 0. The standard InChI is InChI=1S/C11H8BrNO2/c1-15-11(14)10-9-7(5-6-13-10)3-2-4-8(9)12/h2-6H,1H3. The van der Waals surface area contributed by atoms with Crippen LogP contribution in [0.4, 0.5) is 0 Å². The van der Waals surface area contributed by atoms with Crippen molar-refractivity contribution in [1.29, 1.82) is 0 Å². The van der Waals surface area contributed by atoms with Crippen molar-refractivity contribution >= 4 is 32.7 Å². The molecule has 0 aliphatic carbocycles. The van der Waals surface area contributed by atoms with Gasteiger partial charge in [-0.25, -0.2) is 9.78 Å². The van der Waals surface area contributed by atoms with Gasteiger partial charge in [0.1, 0.15) is 0 Å². The van der Waals surface area contributed by atoms with Crippen molar-refractivity contribution in [3.8, 4) is 0 Å². The molecule has 3 nitrogen and oxygen atoms in total. The van der Waals surface area contributed by atoms with E-state index in [1.54, 1.807) is 6.20 Å². The molecule has 0 bridgehead atoms. The SMILES string of the molecule is COC(=O)c1nccc2cccc(Br)c12. The lowest BCUT2D eigenvalue weighted by atomic mass is 10.1. The van der Waals surface area contributed by atoms with Crippen molar-refractivity contribution in [3.63, 3.8) is 0 Å². The Labute approximate surface area is 95.2 Å². The minimum atomic E-state index is -0.424. The third-order valence-corrected chi connectivity index (χ3v) is 2.78. The monoisotopic (exact) mass is 265 g/mol. The molecule has 0 atom stereocenters. The number of benzene rings is 1. The van der Waals surface area contributed by atoms with Crippen LogP contribution in [0, 0.1) is 0 Å². The van der Waals surface area contributed by atoms with Crippen LogP contribution >= 0.6 is 15.9 Å². The number of methoxy groups -OCH3 is 1. The summed E-state index contributed by atoms with van der Waals surface area (Å²) in [5.41, 5.74) is 0.336. The Morgan fingerprint density at radius 1 is 1.40 bits per heavy atom. The maximum Gasteiger partial charge on any atom is 0.357 e. The van der Waals surface area contributed by atoms with Crippen LogP contribution in [-0.4, -0.2) is 18.1 Å². The van der Waals surface area contributed by atoms with Crippen LogP contribution in [0.5, 0.6) is 0 Å². The van der Waals surface area contributed by atoms with Crippen molar-refractivity contribution < 1.29 is 9.53 Å². The summed E-state index contributed by atoms with van der Waals surface area (Å²) in [7, 11) is 1.35. The minimum Gasteiger partial charge on any atom is -0.464 e. The molecule has 0 aliphatic rings. The number of carbonyl (C=O) groups is 1. The number of halogens is 1. The van der Waals surface area contributed by atoms with E-state index in [0.717, 1.165) is 15.2 Å². The van der Waals surface area contributed by atoms with E-state index in [-0.39, 0.29) is 0 Å². The summed E-state index contributed by atoms with van der Waals surface area (Å²) in [5, 5.41) is 1.74. The van der Waals surface area contributed by atoms with E-state index in [0.29, 0.717) is 5.69 Å². The van der Waals surface area contributed by atoms with Crippen LogP contribution < -0.4 is 0 Å². The third-order valence-electron chi connectivity index (χ3n) is 2.12. The number of nitrogens with zero attached hydrogens (tertiary/aromatic N) is 1. The first-order valence-electron chi connectivity index (χ1n) is 4.35. The number of carbonyl (C=O) groups excluding carboxylic acids is 1. The van der Waals surface area contributed by atoms with Gasteiger partial charge in [0.05, 0.1) is 7.11 Å². The van der Waals surface area contributed by atoms with E-state index >= 15 is 0 Å². The quantitative estimate of drug-likeness (QED) is 0.745. The second-order valence-corrected chi connectivity index (χ2v) is 3.84. The molecule has 2 aromatic rings. The normalized spacial score (nSPS) is 10.3. The Bertz CT molecular complexity index is 520. The van der Waals surface area contributed by atoms with E-state index < -0.39 is 5.97 Å². The molecular weight excluding hydrogens is 258 g/mol. The second-order valence-electron chi connectivity index (χ2n) is 2.99. The fourth-order valence-electron chi connectivity index (χ4n) is 1.44. The number of hydrogen-bond acceptors (Lipinski definition) is 3. The second kappa shape index (κ2) is 3.98. The predicted octanol–water partition coefficient (Wildman–Crippen LogP) is 2.78. The summed E-state index contributed by atoms with van der Waals surface area (Å²) in [6, 6.07) is 7.56. The first kappa shape index (κ1) is 10.1. The van der Waals surface area contributed by atoms with Crippen molar-refractivity contribution in [2.75, 3.05) is 7.11 Å². The molecule has 0 amide bonds. The van der Waals surface area contributed by atoms with Gasteiger partial charge in [-0.2, -0.15) is 0 Å². The Morgan fingerprint density at radius 3 is 2.93 bits per heavy atom. The van der Waals surface area contributed by atoms with Crippen LogP contribution in [0.25, 0.3) is 10.8 Å². The lowest BCUT2D eigenvalue weighted by Crippen LogP contribution is -2.04. The first-order chi connectivity index (χ1) is 7.24. The summed E-state index contributed by atoms with van der Waals surface area (Å²) >= 11 is 3.40. The number of pyridine rings is 1. The number of rotatable bonds is 1. The number of fused-ring (bicyclic) bond motifs is 1. The maximum absolute atomic E-state index is 11.5. The van der Waals surface area contributed by atoms with Gasteiger partial charge in [0, 0.05) is 16.1 Å². The number of hydrogen-bond donors (Lipinski definition) is 0. The molecule has 0 N–H and O–H groups in total. The molecule has 0 unspecified atom stereocenters. The van der Waals surface area contributed by atoms with E-state index in [9.17, 15) is 4.79 Å². The molecule has 0 radical (unpaired) electrons. The van der Waals surface area contributed by atoms with Crippen LogP contribution in [0.1, 0.15) is 10.5 Å². The van der Waals surface area contributed by atoms with Gasteiger partial charge < -0.3 is 4.74 Å². The Hall–Kier alpha value is -1.42. The zero-order chi connectivity index (χ0) is 10.8. The molecule has 15 heavy (non-hydrogen) atoms. The Morgan fingerprint density at radius 2 is 2.20 bits per heavy atom. The molecule has 4 heteroatoms. The van der Waals surface area contributed by atoms with Gasteiger partial charge in [-0.3, -0.25) is 0 Å². The maximum atomic E-state index is 11.5. The van der Waals surface area contributed by atoms with E-state index in [4.69, 9.17) is 0 Å². The van der Waals surface area contributed by atoms with Gasteiger partial charge in [-0.1, -0.05) is 28.1 Å². The molecule has 2 rings (SSSR count). The molecule has 0 saturated carbocycles. The van der Waals surface area contributed by atoms with Crippen LogP contribution in [-0.2, 0) is 4.74 Å². The third kappa shape index (κ3) is 1.72. The molecule has 0 aliphatic heterocycles. The number of esters is 1. The molecule has 1 heterocycles. The highest BCUT2D eigenvalue weighted by atomic mass is 79.9. The zero-order valence-electron chi connectivity index (χ0n) is 8.03. The van der Waals surface area contributed by atoms with Gasteiger partial charge in [0.15, 0.2) is 5.69 Å². The lowest BCUT2D eigenvalue weighted by molar-refractivity contribution is 0.0596. The van der Waals surface area contributed by atoms with Gasteiger partial charge in [0.2, 0.25) is 0 Å². The number of aromatic nitrogens is 1. The van der Waals surface area contributed by atoms with Crippen LogP contribution in [0.3, 0.4) is 0 Å². The van der Waals surface area contributed by atoms with Crippen molar-refractivity contribution in [2.45, 2.75) is 0 Å². The van der Waals surface area contributed by atoms with Crippen molar-refractivity contribution in [1.82, 2.24) is 4.98 Å². The largest absolute Gasteiger partial charge is 0.464 e. The fourth-order valence-corrected chi connectivity index (χ4v) is 2.01. The molecule has 1 aromatic carbocycles. The molecule has 0 saturated heterocycles.